The molecule has 0 amide bonds. The first-order valence-corrected chi connectivity index (χ1v) is 5.59. The minimum absolute atomic E-state index is 0.100. The van der Waals surface area contributed by atoms with Gasteiger partial charge in [-0.05, 0) is 43.0 Å². The highest BCUT2D eigenvalue weighted by Crippen LogP contribution is 2.46. The number of H-pyrrole nitrogens is 1. The number of nitrogens with one attached hydrogen (secondary N) is 1. The van der Waals surface area contributed by atoms with Gasteiger partial charge in [-0.1, -0.05) is 0 Å². The highest BCUT2D eigenvalue weighted by Gasteiger charge is 2.41. The molecule has 0 saturated heterocycles. The molecule has 3 rings (SSSR count). The number of hydrogen-bond donors (Lipinski definition) is 2. The molecule has 1 aromatic heterocycles. The van der Waals surface area contributed by atoms with Gasteiger partial charge >= 0.3 is 0 Å². The fourth-order valence-electron chi connectivity index (χ4n) is 2.31. The maximum absolute atomic E-state index is 6.26. The van der Waals surface area contributed by atoms with Crippen LogP contribution in [-0.4, -0.2) is 12.1 Å². The molecule has 3 nitrogen and oxygen atoms in total. The van der Waals surface area contributed by atoms with E-state index in [9.17, 15) is 0 Å². The lowest BCUT2D eigenvalue weighted by atomic mass is 10.0. The van der Waals surface area contributed by atoms with E-state index in [1.54, 1.807) is 7.11 Å². The van der Waals surface area contributed by atoms with Crippen LogP contribution in [0.5, 0.6) is 5.75 Å². The van der Waals surface area contributed by atoms with Crippen molar-refractivity contribution in [3.8, 4) is 5.75 Å². The predicted octanol–water partition coefficient (Wildman–Crippen LogP) is 2.43. The van der Waals surface area contributed by atoms with E-state index in [1.165, 1.54) is 22.0 Å². The summed E-state index contributed by atoms with van der Waals surface area (Å²) in [5.41, 5.74) is 9.76. The summed E-state index contributed by atoms with van der Waals surface area (Å²) in [5, 5.41) is 1.21. The lowest BCUT2D eigenvalue weighted by Gasteiger charge is -2.08. The molecule has 0 aliphatic heterocycles. The fraction of sp³-hybridized carbons (Fsp3) is 0.385. The summed E-state index contributed by atoms with van der Waals surface area (Å²) in [6.07, 6.45) is 4.20. The number of aryl methyl sites for hydroxylation is 1. The summed E-state index contributed by atoms with van der Waals surface area (Å²) < 4.78 is 5.31. The van der Waals surface area contributed by atoms with Gasteiger partial charge < -0.3 is 15.5 Å². The van der Waals surface area contributed by atoms with Gasteiger partial charge in [0.15, 0.2) is 0 Å². The first kappa shape index (κ1) is 9.73. The Morgan fingerprint density at radius 2 is 2.12 bits per heavy atom. The van der Waals surface area contributed by atoms with E-state index in [2.05, 4.69) is 18.0 Å². The molecule has 0 spiro atoms. The maximum Gasteiger partial charge on any atom is 0.119 e. The van der Waals surface area contributed by atoms with Crippen LogP contribution in [0, 0.1) is 6.92 Å². The number of fused-ring (bicyclic) bond motifs is 1. The highest BCUT2D eigenvalue weighted by molar-refractivity contribution is 5.88. The topological polar surface area (TPSA) is 51.0 Å². The highest BCUT2D eigenvalue weighted by atomic mass is 16.5. The van der Waals surface area contributed by atoms with Crippen LogP contribution in [0.4, 0.5) is 0 Å². The molecule has 1 aliphatic rings. The van der Waals surface area contributed by atoms with Crippen molar-refractivity contribution in [3.63, 3.8) is 0 Å². The molecule has 0 radical (unpaired) electrons. The van der Waals surface area contributed by atoms with Crippen molar-refractivity contribution >= 4 is 10.9 Å². The SMILES string of the molecule is COc1cc(C)c2[nH]cc(C3(N)CC3)c2c1. The summed E-state index contributed by atoms with van der Waals surface area (Å²) >= 11 is 0. The summed E-state index contributed by atoms with van der Waals surface area (Å²) in [6, 6.07) is 4.11. The van der Waals surface area contributed by atoms with Gasteiger partial charge in [0.25, 0.3) is 0 Å². The Morgan fingerprint density at radius 1 is 1.38 bits per heavy atom. The molecule has 1 heterocycles. The van der Waals surface area contributed by atoms with Crippen molar-refractivity contribution in [3.05, 3.63) is 29.5 Å². The average Bonchev–Trinajstić information content (AvgIpc) is 2.86. The minimum Gasteiger partial charge on any atom is -0.497 e. The number of rotatable bonds is 2. The van der Waals surface area contributed by atoms with Crippen LogP contribution < -0.4 is 10.5 Å². The maximum atomic E-state index is 6.26. The Bertz CT molecular complexity index is 552. The smallest absolute Gasteiger partial charge is 0.119 e. The molecule has 0 atom stereocenters. The van der Waals surface area contributed by atoms with Gasteiger partial charge in [0, 0.05) is 22.6 Å². The number of nitrogens with two attached hydrogens (primary N) is 1. The number of aromatic nitrogens is 1. The molecular weight excluding hydrogens is 200 g/mol. The van der Waals surface area contributed by atoms with Crippen molar-refractivity contribution in [1.29, 1.82) is 0 Å². The molecule has 16 heavy (non-hydrogen) atoms. The van der Waals surface area contributed by atoms with Gasteiger partial charge in [-0.25, -0.2) is 0 Å². The lowest BCUT2D eigenvalue weighted by molar-refractivity contribution is 0.415. The molecule has 1 aromatic carbocycles. The van der Waals surface area contributed by atoms with Crippen molar-refractivity contribution in [2.45, 2.75) is 25.3 Å². The van der Waals surface area contributed by atoms with E-state index in [0.717, 1.165) is 18.6 Å². The Labute approximate surface area is 94.6 Å². The van der Waals surface area contributed by atoms with Gasteiger partial charge in [-0.3, -0.25) is 0 Å². The van der Waals surface area contributed by atoms with Gasteiger partial charge in [0.2, 0.25) is 0 Å². The molecule has 1 fully saturated rings. The number of methoxy groups -OCH3 is 1. The average molecular weight is 216 g/mol. The summed E-state index contributed by atoms with van der Waals surface area (Å²) in [5.74, 6) is 0.898. The van der Waals surface area contributed by atoms with Crippen LogP contribution in [0.15, 0.2) is 18.3 Å². The van der Waals surface area contributed by atoms with Crippen LogP contribution >= 0.6 is 0 Å². The molecule has 1 saturated carbocycles. The van der Waals surface area contributed by atoms with Crippen LogP contribution in [-0.2, 0) is 5.54 Å². The molecule has 1 aliphatic carbocycles. The molecule has 0 bridgehead atoms. The minimum atomic E-state index is -0.100. The Morgan fingerprint density at radius 3 is 2.75 bits per heavy atom. The van der Waals surface area contributed by atoms with Crippen molar-refractivity contribution in [2.24, 2.45) is 5.73 Å². The number of benzene rings is 1. The predicted molar refractivity (Wildman–Crippen MR) is 64.7 cm³/mol. The zero-order valence-corrected chi connectivity index (χ0v) is 9.63. The van der Waals surface area contributed by atoms with E-state index >= 15 is 0 Å². The lowest BCUT2D eigenvalue weighted by Crippen LogP contribution is -2.17. The second-order valence-electron chi connectivity index (χ2n) is 4.73. The van der Waals surface area contributed by atoms with Crippen LogP contribution in [0.25, 0.3) is 10.9 Å². The quantitative estimate of drug-likeness (QED) is 0.810. The summed E-state index contributed by atoms with van der Waals surface area (Å²) in [6.45, 7) is 2.08. The zero-order chi connectivity index (χ0) is 11.3. The second-order valence-corrected chi connectivity index (χ2v) is 4.73. The van der Waals surface area contributed by atoms with Gasteiger partial charge in [-0.2, -0.15) is 0 Å². The molecular formula is C13H16N2O. The van der Waals surface area contributed by atoms with Crippen molar-refractivity contribution in [2.75, 3.05) is 7.11 Å². The summed E-state index contributed by atoms with van der Waals surface area (Å²) in [7, 11) is 1.70. The third-order valence-corrected chi connectivity index (χ3v) is 3.52. The number of ether oxygens (including phenoxy) is 1. The molecule has 3 heteroatoms. The van der Waals surface area contributed by atoms with E-state index in [0.29, 0.717) is 0 Å². The zero-order valence-electron chi connectivity index (χ0n) is 9.63. The molecule has 3 N–H and O–H groups in total. The Kier molecular flexibility index (Phi) is 1.83. The first-order valence-electron chi connectivity index (χ1n) is 5.59. The standard InChI is InChI=1S/C13H16N2O/c1-8-5-9(16-2)6-10-11(7-15-12(8)10)13(14)3-4-13/h5-7,15H,3-4,14H2,1-2H3. The van der Waals surface area contributed by atoms with E-state index in [1.807, 2.05) is 12.3 Å². The van der Waals surface area contributed by atoms with Gasteiger partial charge in [0.1, 0.15) is 5.75 Å². The summed E-state index contributed by atoms with van der Waals surface area (Å²) in [4.78, 5) is 3.32. The van der Waals surface area contributed by atoms with Gasteiger partial charge in [-0.15, -0.1) is 0 Å². The van der Waals surface area contributed by atoms with E-state index in [-0.39, 0.29) is 5.54 Å². The third kappa shape index (κ3) is 1.25. The van der Waals surface area contributed by atoms with Crippen LogP contribution in [0.2, 0.25) is 0 Å². The normalized spacial score (nSPS) is 17.7. The fourth-order valence-corrected chi connectivity index (χ4v) is 2.31. The first-order chi connectivity index (χ1) is 7.64. The van der Waals surface area contributed by atoms with E-state index < -0.39 is 0 Å². The van der Waals surface area contributed by atoms with Crippen LogP contribution in [0.1, 0.15) is 24.0 Å². The Balaban J connectivity index is 2.28. The van der Waals surface area contributed by atoms with Crippen LogP contribution in [0.3, 0.4) is 0 Å². The second kappa shape index (κ2) is 3.01. The third-order valence-electron chi connectivity index (χ3n) is 3.52. The monoisotopic (exact) mass is 216 g/mol. The largest absolute Gasteiger partial charge is 0.497 e. The van der Waals surface area contributed by atoms with E-state index in [4.69, 9.17) is 10.5 Å². The number of aromatic amines is 1. The molecule has 0 unspecified atom stereocenters. The van der Waals surface area contributed by atoms with Gasteiger partial charge in [0.05, 0.1) is 7.11 Å². The van der Waals surface area contributed by atoms with Crippen molar-refractivity contribution < 1.29 is 4.74 Å². The molecule has 84 valence electrons. The Hall–Kier alpha value is -1.48. The molecule has 2 aromatic rings. The van der Waals surface area contributed by atoms with Crippen molar-refractivity contribution in [1.82, 2.24) is 4.98 Å². The number of hydrogen-bond acceptors (Lipinski definition) is 2.